The highest BCUT2D eigenvalue weighted by Crippen LogP contribution is 2.27. The summed E-state index contributed by atoms with van der Waals surface area (Å²) in [7, 11) is 0. The fraction of sp³-hybridized carbons (Fsp3) is 0.438. The normalized spacial score (nSPS) is 18.9. The number of nitro groups is 1. The van der Waals surface area contributed by atoms with Crippen LogP contribution < -0.4 is 0 Å². The topological polar surface area (TPSA) is 83.7 Å². The van der Waals surface area contributed by atoms with Crippen molar-refractivity contribution < 1.29 is 14.8 Å². The molecule has 1 aliphatic heterocycles. The van der Waals surface area contributed by atoms with Crippen LogP contribution in [0.3, 0.4) is 0 Å². The van der Waals surface area contributed by atoms with Crippen LogP contribution in [0.25, 0.3) is 6.08 Å². The Kier molecular flexibility index (Phi) is 4.61. The number of hydrogen-bond acceptors (Lipinski definition) is 4. The first kappa shape index (κ1) is 16.2. The van der Waals surface area contributed by atoms with Crippen LogP contribution in [0.2, 0.25) is 0 Å². The first-order valence-corrected chi connectivity index (χ1v) is 7.25. The van der Waals surface area contributed by atoms with Crippen molar-refractivity contribution in [2.75, 3.05) is 6.54 Å². The zero-order valence-corrected chi connectivity index (χ0v) is 12.7. The summed E-state index contributed by atoms with van der Waals surface area (Å²) in [4.78, 5) is 24.4. The molecule has 1 aromatic carbocycles. The Labute approximate surface area is 129 Å². The molecule has 6 nitrogen and oxygen atoms in total. The summed E-state index contributed by atoms with van der Waals surface area (Å²) >= 11 is 0. The highest BCUT2D eigenvalue weighted by molar-refractivity contribution is 5.92. The Morgan fingerprint density at radius 3 is 2.77 bits per heavy atom. The van der Waals surface area contributed by atoms with Gasteiger partial charge in [0.1, 0.15) is 0 Å². The number of nitro benzene ring substituents is 1. The second-order valence-electron chi connectivity index (χ2n) is 5.99. The van der Waals surface area contributed by atoms with E-state index >= 15 is 0 Å². The molecule has 0 radical (unpaired) electrons. The van der Waals surface area contributed by atoms with Crippen molar-refractivity contribution in [3.8, 4) is 0 Å². The summed E-state index contributed by atoms with van der Waals surface area (Å²) in [5.41, 5.74) is -0.606. The molecule has 1 unspecified atom stereocenters. The van der Waals surface area contributed by atoms with Crippen molar-refractivity contribution in [3.05, 3.63) is 46.0 Å². The summed E-state index contributed by atoms with van der Waals surface area (Å²) in [6, 6.07) is 6.05. The lowest BCUT2D eigenvalue weighted by atomic mass is 9.96. The van der Waals surface area contributed by atoms with E-state index in [1.54, 1.807) is 36.9 Å². The van der Waals surface area contributed by atoms with Crippen molar-refractivity contribution in [1.82, 2.24) is 4.90 Å². The summed E-state index contributed by atoms with van der Waals surface area (Å²) in [6.07, 6.45) is 4.40. The third kappa shape index (κ3) is 3.51. The van der Waals surface area contributed by atoms with Gasteiger partial charge in [-0.25, -0.2) is 0 Å². The van der Waals surface area contributed by atoms with E-state index in [1.807, 2.05) is 0 Å². The van der Waals surface area contributed by atoms with Crippen molar-refractivity contribution in [2.45, 2.75) is 38.3 Å². The molecule has 1 fully saturated rings. The van der Waals surface area contributed by atoms with Crippen LogP contribution in [-0.2, 0) is 4.79 Å². The molecule has 1 aliphatic rings. The number of nitrogens with zero attached hydrogens (tertiary/aromatic N) is 2. The first-order valence-electron chi connectivity index (χ1n) is 7.25. The van der Waals surface area contributed by atoms with Gasteiger partial charge in [-0.05, 0) is 38.8 Å². The third-order valence-electron chi connectivity index (χ3n) is 3.89. The standard InChI is InChI=1S/C16H20N2O4/c1-16(2,20)14-8-5-11-17(14)15(19)10-9-12-6-3-4-7-13(12)18(21)22/h3-4,6-7,9-10,14,20H,5,8,11H2,1-2H3/b10-9+. The quantitative estimate of drug-likeness (QED) is 0.526. The number of benzene rings is 1. The molecule has 2 rings (SSSR count). The minimum Gasteiger partial charge on any atom is -0.388 e. The first-order chi connectivity index (χ1) is 10.3. The fourth-order valence-electron chi connectivity index (χ4n) is 2.82. The van der Waals surface area contributed by atoms with Gasteiger partial charge in [-0.2, -0.15) is 0 Å². The van der Waals surface area contributed by atoms with E-state index in [2.05, 4.69) is 0 Å². The zero-order chi connectivity index (χ0) is 16.3. The minimum absolute atomic E-state index is 0.0352. The van der Waals surface area contributed by atoms with Crippen LogP contribution in [-0.4, -0.2) is 39.0 Å². The van der Waals surface area contributed by atoms with Gasteiger partial charge in [-0.15, -0.1) is 0 Å². The third-order valence-corrected chi connectivity index (χ3v) is 3.89. The molecule has 1 aromatic rings. The highest BCUT2D eigenvalue weighted by Gasteiger charge is 2.37. The summed E-state index contributed by atoms with van der Waals surface area (Å²) in [5, 5.41) is 21.1. The Morgan fingerprint density at radius 2 is 2.14 bits per heavy atom. The lowest BCUT2D eigenvalue weighted by Gasteiger charge is -2.33. The number of carbonyl (C=O) groups excluding carboxylic acids is 1. The van der Waals surface area contributed by atoms with E-state index in [0.717, 1.165) is 12.8 Å². The molecule has 0 bridgehead atoms. The summed E-state index contributed by atoms with van der Waals surface area (Å²) in [6.45, 7) is 3.97. The second-order valence-corrected chi connectivity index (χ2v) is 5.99. The van der Waals surface area contributed by atoms with Gasteiger partial charge >= 0.3 is 0 Å². The molecule has 1 amide bonds. The number of aliphatic hydroxyl groups is 1. The Bertz CT molecular complexity index is 604. The van der Waals surface area contributed by atoms with Crippen LogP contribution in [0.15, 0.2) is 30.3 Å². The van der Waals surface area contributed by atoms with E-state index in [-0.39, 0.29) is 17.6 Å². The smallest absolute Gasteiger partial charge is 0.276 e. The molecule has 6 heteroatoms. The zero-order valence-electron chi connectivity index (χ0n) is 12.7. The average Bonchev–Trinajstić information content (AvgIpc) is 2.94. The molecule has 0 aliphatic carbocycles. The summed E-state index contributed by atoms with van der Waals surface area (Å²) < 4.78 is 0. The second kappa shape index (κ2) is 6.27. The molecule has 22 heavy (non-hydrogen) atoms. The molecule has 0 aromatic heterocycles. The van der Waals surface area contributed by atoms with Crippen LogP contribution in [0.1, 0.15) is 32.3 Å². The molecule has 0 saturated carbocycles. The molecule has 118 valence electrons. The van der Waals surface area contributed by atoms with Crippen molar-refractivity contribution in [3.63, 3.8) is 0 Å². The van der Waals surface area contributed by atoms with Gasteiger partial charge in [0.2, 0.25) is 5.91 Å². The van der Waals surface area contributed by atoms with E-state index in [4.69, 9.17) is 0 Å². The maximum Gasteiger partial charge on any atom is 0.276 e. The monoisotopic (exact) mass is 304 g/mol. The molecule has 1 heterocycles. The molecule has 1 saturated heterocycles. The summed E-state index contributed by atoms with van der Waals surface area (Å²) in [5.74, 6) is -0.234. The van der Waals surface area contributed by atoms with Crippen molar-refractivity contribution >= 4 is 17.7 Å². The molecule has 0 spiro atoms. The van der Waals surface area contributed by atoms with E-state index in [0.29, 0.717) is 12.1 Å². The van der Waals surface area contributed by atoms with Crippen LogP contribution >= 0.6 is 0 Å². The fourth-order valence-corrected chi connectivity index (χ4v) is 2.82. The van der Waals surface area contributed by atoms with E-state index < -0.39 is 10.5 Å². The van der Waals surface area contributed by atoms with Gasteiger partial charge in [0.15, 0.2) is 0 Å². The molecular weight excluding hydrogens is 284 g/mol. The number of carbonyl (C=O) groups is 1. The predicted octanol–water partition coefficient (Wildman–Crippen LogP) is 2.37. The number of para-hydroxylation sites is 1. The maximum absolute atomic E-state index is 12.3. The van der Waals surface area contributed by atoms with Gasteiger partial charge in [-0.3, -0.25) is 14.9 Å². The Hall–Kier alpha value is -2.21. The van der Waals surface area contributed by atoms with Gasteiger partial charge in [0.05, 0.1) is 22.1 Å². The SMILES string of the molecule is CC(C)(O)C1CCCN1C(=O)/C=C/c1ccccc1[N+](=O)[O-]. The van der Waals surface area contributed by atoms with Gasteiger partial charge in [0, 0.05) is 18.7 Å². The van der Waals surface area contributed by atoms with E-state index in [1.165, 1.54) is 18.2 Å². The van der Waals surface area contributed by atoms with Crippen LogP contribution in [0, 0.1) is 10.1 Å². The number of rotatable bonds is 4. The predicted molar refractivity (Wildman–Crippen MR) is 83.2 cm³/mol. The van der Waals surface area contributed by atoms with Crippen molar-refractivity contribution in [1.29, 1.82) is 0 Å². The minimum atomic E-state index is -0.960. The Morgan fingerprint density at radius 1 is 1.45 bits per heavy atom. The maximum atomic E-state index is 12.3. The Balaban J connectivity index is 2.17. The number of likely N-dealkylation sites (tertiary alicyclic amines) is 1. The van der Waals surface area contributed by atoms with E-state index in [9.17, 15) is 20.0 Å². The number of amides is 1. The molecule has 1 atom stereocenters. The van der Waals surface area contributed by atoms with Gasteiger partial charge < -0.3 is 10.0 Å². The van der Waals surface area contributed by atoms with Crippen LogP contribution in [0.5, 0.6) is 0 Å². The lowest BCUT2D eigenvalue weighted by Crippen LogP contribution is -2.47. The lowest BCUT2D eigenvalue weighted by molar-refractivity contribution is -0.385. The van der Waals surface area contributed by atoms with Gasteiger partial charge in [0.25, 0.3) is 5.69 Å². The van der Waals surface area contributed by atoms with Gasteiger partial charge in [-0.1, -0.05) is 12.1 Å². The highest BCUT2D eigenvalue weighted by atomic mass is 16.6. The van der Waals surface area contributed by atoms with Crippen LogP contribution in [0.4, 0.5) is 5.69 Å². The van der Waals surface area contributed by atoms with Crippen molar-refractivity contribution in [2.24, 2.45) is 0 Å². The molecule has 1 N–H and O–H groups in total. The largest absolute Gasteiger partial charge is 0.388 e. The average molecular weight is 304 g/mol. The molecular formula is C16H20N2O4. The number of hydrogen-bond donors (Lipinski definition) is 1.